The second-order valence-corrected chi connectivity index (χ2v) is 3.01. The van der Waals surface area contributed by atoms with Crippen molar-refractivity contribution in [2.75, 3.05) is 0 Å². The van der Waals surface area contributed by atoms with Crippen LogP contribution < -0.4 is 5.73 Å². The van der Waals surface area contributed by atoms with E-state index in [1.807, 2.05) is 0 Å². The Bertz CT molecular complexity index is 413. The molecule has 2 N–H and O–H groups in total. The molecule has 3 nitrogen and oxygen atoms in total. The number of carbonyl (C=O) groups is 2. The SMILES string of the molecule is NC(=O)CC=Cc1cc(F)cc(C=O)c1. The minimum absolute atomic E-state index is 0.0902. The average Bonchev–Trinajstić information content (AvgIpc) is 2.16. The van der Waals surface area contributed by atoms with Gasteiger partial charge in [-0.25, -0.2) is 4.39 Å². The number of aldehydes is 1. The van der Waals surface area contributed by atoms with Gasteiger partial charge in [-0.05, 0) is 23.8 Å². The number of amides is 1. The molecule has 0 aliphatic heterocycles. The zero-order chi connectivity index (χ0) is 11.3. The Morgan fingerprint density at radius 3 is 2.60 bits per heavy atom. The first-order valence-electron chi connectivity index (χ1n) is 4.32. The monoisotopic (exact) mass is 207 g/mol. The van der Waals surface area contributed by atoms with Crippen LogP contribution in [0.1, 0.15) is 22.3 Å². The van der Waals surface area contributed by atoms with E-state index in [0.717, 1.165) is 6.07 Å². The lowest BCUT2D eigenvalue weighted by atomic mass is 10.1. The molecule has 0 fully saturated rings. The largest absolute Gasteiger partial charge is 0.369 e. The van der Waals surface area contributed by atoms with Crippen molar-refractivity contribution in [2.45, 2.75) is 6.42 Å². The molecule has 1 rings (SSSR count). The molecule has 0 atom stereocenters. The molecule has 1 aromatic rings. The molecule has 78 valence electrons. The van der Waals surface area contributed by atoms with Gasteiger partial charge in [0.05, 0.1) is 0 Å². The number of carbonyl (C=O) groups excluding carboxylic acids is 2. The van der Waals surface area contributed by atoms with E-state index >= 15 is 0 Å². The normalized spacial score (nSPS) is 10.5. The lowest BCUT2D eigenvalue weighted by molar-refractivity contribution is -0.117. The van der Waals surface area contributed by atoms with Crippen LogP contribution in [0.25, 0.3) is 6.08 Å². The smallest absolute Gasteiger partial charge is 0.221 e. The molecular formula is C11H10FNO2. The van der Waals surface area contributed by atoms with Gasteiger partial charge in [-0.15, -0.1) is 0 Å². The summed E-state index contributed by atoms with van der Waals surface area (Å²) in [6.07, 6.45) is 3.72. The molecule has 0 heterocycles. The minimum Gasteiger partial charge on any atom is -0.369 e. The van der Waals surface area contributed by atoms with Crippen molar-refractivity contribution in [3.63, 3.8) is 0 Å². The Morgan fingerprint density at radius 2 is 2.00 bits per heavy atom. The molecule has 0 aromatic heterocycles. The molecule has 1 amide bonds. The molecule has 15 heavy (non-hydrogen) atoms. The third-order valence-electron chi connectivity index (χ3n) is 1.71. The van der Waals surface area contributed by atoms with Gasteiger partial charge in [0.15, 0.2) is 0 Å². The van der Waals surface area contributed by atoms with Crippen molar-refractivity contribution in [2.24, 2.45) is 5.73 Å². The predicted molar refractivity (Wildman–Crippen MR) is 54.6 cm³/mol. The van der Waals surface area contributed by atoms with Crippen LogP contribution in [-0.2, 0) is 4.79 Å². The first kappa shape index (κ1) is 11.1. The van der Waals surface area contributed by atoms with E-state index in [-0.39, 0.29) is 12.0 Å². The van der Waals surface area contributed by atoms with Gasteiger partial charge in [0, 0.05) is 12.0 Å². The highest BCUT2D eigenvalue weighted by molar-refractivity contribution is 5.78. The zero-order valence-corrected chi connectivity index (χ0v) is 7.94. The summed E-state index contributed by atoms with van der Waals surface area (Å²) in [4.78, 5) is 20.8. The van der Waals surface area contributed by atoms with Gasteiger partial charge >= 0.3 is 0 Å². The van der Waals surface area contributed by atoms with Gasteiger partial charge in [0.2, 0.25) is 5.91 Å². The van der Waals surface area contributed by atoms with Crippen molar-refractivity contribution in [1.29, 1.82) is 0 Å². The Balaban J connectivity index is 2.85. The van der Waals surface area contributed by atoms with Crippen molar-refractivity contribution < 1.29 is 14.0 Å². The summed E-state index contributed by atoms with van der Waals surface area (Å²) in [6, 6.07) is 3.93. The van der Waals surface area contributed by atoms with Crippen molar-refractivity contribution in [3.8, 4) is 0 Å². The summed E-state index contributed by atoms with van der Waals surface area (Å²) in [5.74, 6) is -0.948. The predicted octanol–water partition coefficient (Wildman–Crippen LogP) is 1.53. The summed E-state index contributed by atoms with van der Waals surface area (Å²) >= 11 is 0. The van der Waals surface area contributed by atoms with Crippen LogP contribution in [0.2, 0.25) is 0 Å². The molecule has 1 aromatic carbocycles. The van der Waals surface area contributed by atoms with Gasteiger partial charge in [0.1, 0.15) is 12.1 Å². The maximum absolute atomic E-state index is 12.9. The number of benzene rings is 1. The summed E-state index contributed by atoms with van der Waals surface area (Å²) in [5.41, 5.74) is 5.71. The maximum atomic E-state index is 12.9. The summed E-state index contributed by atoms with van der Waals surface area (Å²) in [7, 11) is 0. The average molecular weight is 207 g/mol. The molecular weight excluding hydrogens is 197 g/mol. The highest BCUT2D eigenvalue weighted by Gasteiger charge is 1.97. The molecule has 0 saturated carbocycles. The lowest BCUT2D eigenvalue weighted by Gasteiger charge is -1.96. The van der Waals surface area contributed by atoms with E-state index in [2.05, 4.69) is 0 Å². The van der Waals surface area contributed by atoms with E-state index in [1.54, 1.807) is 6.08 Å². The van der Waals surface area contributed by atoms with Gasteiger partial charge in [0.25, 0.3) is 0 Å². The number of halogens is 1. The van der Waals surface area contributed by atoms with Crippen molar-refractivity contribution in [1.82, 2.24) is 0 Å². The van der Waals surface area contributed by atoms with E-state index in [9.17, 15) is 14.0 Å². The number of rotatable bonds is 4. The number of primary amides is 1. The van der Waals surface area contributed by atoms with E-state index in [4.69, 9.17) is 5.73 Å². The molecule has 4 heteroatoms. The van der Waals surface area contributed by atoms with Crippen molar-refractivity contribution >= 4 is 18.3 Å². The number of hydrogen-bond acceptors (Lipinski definition) is 2. The van der Waals surface area contributed by atoms with Crippen LogP contribution in [0, 0.1) is 5.82 Å². The molecule has 0 unspecified atom stereocenters. The molecule has 0 aliphatic rings. The highest BCUT2D eigenvalue weighted by atomic mass is 19.1. The quantitative estimate of drug-likeness (QED) is 0.761. The molecule has 0 spiro atoms. The third kappa shape index (κ3) is 3.72. The second kappa shape index (κ2) is 5.05. The first-order chi connectivity index (χ1) is 7.11. The van der Waals surface area contributed by atoms with Gasteiger partial charge < -0.3 is 5.73 Å². The van der Waals surface area contributed by atoms with Crippen LogP contribution in [0.15, 0.2) is 24.3 Å². The summed E-state index contributed by atoms with van der Waals surface area (Å²) < 4.78 is 12.9. The molecule has 0 aliphatic carbocycles. The summed E-state index contributed by atoms with van der Waals surface area (Å²) in [5, 5.41) is 0. The molecule has 0 radical (unpaired) electrons. The van der Waals surface area contributed by atoms with Gasteiger partial charge in [-0.1, -0.05) is 12.2 Å². The number of nitrogens with two attached hydrogens (primary N) is 1. The molecule has 0 saturated heterocycles. The fourth-order valence-corrected chi connectivity index (χ4v) is 1.11. The molecule has 0 bridgehead atoms. The Hall–Kier alpha value is -1.97. The summed E-state index contributed by atoms with van der Waals surface area (Å²) in [6.45, 7) is 0. The van der Waals surface area contributed by atoms with Crippen LogP contribution in [0.3, 0.4) is 0 Å². The van der Waals surface area contributed by atoms with Crippen LogP contribution in [0.5, 0.6) is 0 Å². The van der Waals surface area contributed by atoms with Crippen molar-refractivity contribution in [3.05, 3.63) is 41.2 Å². The minimum atomic E-state index is -0.488. The fraction of sp³-hybridized carbons (Fsp3) is 0.0909. The van der Waals surface area contributed by atoms with E-state index in [1.165, 1.54) is 18.2 Å². The Labute approximate surface area is 86.4 Å². The number of hydrogen-bond donors (Lipinski definition) is 1. The fourth-order valence-electron chi connectivity index (χ4n) is 1.11. The lowest BCUT2D eigenvalue weighted by Crippen LogP contribution is -2.07. The Morgan fingerprint density at radius 1 is 1.33 bits per heavy atom. The van der Waals surface area contributed by atoms with Crippen LogP contribution >= 0.6 is 0 Å². The standard InChI is InChI=1S/C11H10FNO2/c12-10-5-8(2-1-3-11(13)15)4-9(6-10)7-14/h1-2,4-7H,3H2,(H2,13,15). The van der Waals surface area contributed by atoms with Crippen LogP contribution in [-0.4, -0.2) is 12.2 Å². The van der Waals surface area contributed by atoms with Gasteiger partial charge in [-0.2, -0.15) is 0 Å². The zero-order valence-electron chi connectivity index (χ0n) is 7.94. The Kier molecular flexibility index (Phi) is 3.74. The van der Waals surface area contributed by atoms with Gasteiger partial charge in [-0.3, -0.25) is 9.59 Å². The second-order valence-electron chi connectivity index (χ2n) is 3.01. The highest BCUT2D eigenvalue weighted by Crippen LogP contribution is 2.09. The maximum Gasteiger partial charge on any atom is 0.221 e. The topological polar surface area (TPSA) is 60.2 Å². The third-order valence-corrected chi connectivity index (χ3v) is 1.71. The van der Waals surface area contributed by atoms with Crippen LogP contribution in [0.4, 0.5) is 4.39 Å². The first-order valence-corrected chi connectivity index (χ1v) is 4.32. The van der Waals surface area contributed by atoms with E-state index < -0.39 is 11.7 Å². The van der Waals surface area contributed by atoms with E-state index in [0.29, 0.717) is 11.8 Å².